The largest absolute Gasteiger partial charge is 0.482 e. The molecule has 0 bridgehead atoms. The number of ether oxygens (including phenoxy) is 1. The highest BCUT2D eigenvalue weighted by molar-refractivity contribution is 7.92. The van der Waals surface area contributed by atoms with E-state index in [1.165, 1.54) is 24.3 Å². The molecule has 0 radical (unpaired) electrons. The fourth-order valence-corrected chi connectivity index (χ4v) is 2.75. The average molecular weight is 349 g/mol. The third-order valence-corrected chi connectivity index (χ3v) is 4.01. The number of hydrogen-bond acceptors (Lipinski definition) is 3. The second-order valence-electron chi connectivity index (χ2n) is 4.46. The summed E-state index contributed by atoms with van der Waals surface area (Å²) in [6.07, 6.45) is -4.61. The Labute approximate surface area is 129 Å². The molecule has 2 aromatic carbocycles. The van der Waals surface area contributed by atoms with Crippen molar-refractivity contribution in [3.8, 4) is 5.75 Å². The number of rotatable bonds is 5. The molecule has 0 atom stereocenters. The van der Waals surface area contributed by atoms with Crippen LogP contribution in [0.2, 0.25) is 0 Å². The molecule has 0 aliphatic carbocycles. The lowest BCUT2D eigenvalue weighted by molar-refractivity contribution is -0.153. The molecule has 124 valence electrons. The lowest BCUT2D eigenvalue weighted by atomic mass is 10.3. The van der Waals surface area contributed by atoms with Crippen LogP contribution in [-0.2, 0) is 10.0 Å². The summed E-state index contributed by atoms with van der Waals surface area (Å²) in [5.41, 5.74) is -0.418. The van der Waals surface area contributed by atoms with Gasteiger partial charge in [0.25, 0.3) is 10.0 Å². The first-order valence-corrected chi connectivity index (χ1v) is 7.73. The summed E-state index contributed by atoms with van der Waals surface area (Å²) in [7, 11) is -4.08. The Hall–Kier alpha value is -2.29. The van der Waals surface area contributed by atoms with Crippen LogP contribution in [0.25, 0.3) is 0 Å². The summed E-state index contributed by atoms with van der Waals surface area (Å²) in [4.78, 5) is -0.119. The van der Waals surface area contributed by atoms with E-state index in [9.17, 15) is 26.0 Å². The van der Waals surface area contributed by atoms with Crippen molar-refractivity contribution in [3.05, 3.63) is 54.3 Å². The molecule has 0 aliphatic rings. The van der Waals surface area contributed by atoms with Crippen molar-refractivity contribution in [3.63, 3.8) is 0 Å². The van der Waals surface area contributed by atoms with Gasteiger partial charge in [-0.3, -0.25) is 4.72 Å². The number of hydrogen-bond donors (Lipinski definition) is 1. The number of sulfonamides is 1. The number of anilines is 1. The number of benzene rings is 2. The smallest absolute Gasteiger partial charge is 0.422 e. The van der Waals surface area contributed by atoms with E-state index in [1.807, 2.05) is 4.72 Å². The molecule has 0 fully saturated rings. The Morgan fingerprint density at radius 2 is 1.70 bits per heavy atom. The molecule has 0 spiro atoms. The van der Waals surface area contributed by atoms with Crippen molar-refractivity contribution in [1.29, 1.82) is 0 Å². The minimum absolute atomic E-state index is 0.119. The minimum atomic E-state index is -4.61. The van der Waals surface area contributed by atoms with Crippen LogP contribution in [0.5, 0.6) is 5.75 Å². The van der Waals surface area contributed by atoms with Crippen molar-refractivity contribution in [2.75, 3.05) is 11.3 Å². The maximum Gasteiger partial charge on any atom is 0.422 e. The van der Waals surface area contributed by atoms with Gasteiger partial charge in [0.05, 0.1) is 10.6 Å². The first kappa shape index (κ1) is 17.1. The van der Waals surface area contributed by atoms with E-state index < -0.39 is 40.1 Å². The topological polar surface area (TPSA) is 55.4 Å². The van der Waals surface area contributed by atoms with Gasteiger partial charge >= 0.3 is 6.18 Å². The Morgan fingerprint density at radius 3 is 2.30 bits per heavy atom. The molecule has 0 saturated carbocycles. The molecule has 0 aliphatic heterocycles. The van der Waals surface area contributed by atoms with Gasteiger partial charge in [0.2, 0.25) is 0 Å². The van der Waals surface area contributed by atoms with E-state index in [-0.39, 0.29) is 4.90 Å². The van der Waals surface area contributed by atoms with Gasteiger partial charge in [-0.05, 0) is 24.3 Å². The molecule has 23 heavy (non-hydrogen) atoms. The third-order valence-electron chi connectivity index (χ3n) is 2.63. The Balaban J connectivity index is 2.30. The first-order chi connectivity index (χ1) is 10.7. The van der Waals surface area contributed by atoms with Gasteiger partial charge in [-0.15, -0.1) is 0 Å². The van der Waals surface area contributed by atoms with Gasteiger partial charge in [0.15, 0.2) is 6.61 Å². The Morgan fingerprint density at radius 1 is 1.04 bits per heavy atom. The monoisotopic (exact) mass is 349 g/mol. The molecule has 4 nitrogen and oxygen atoms in total. The molecule has 2 aromatic rings. The lowest BCUT2D eigenvalue weighted by Crippen LogP contribution is -2.20. The van der Waals surface area contributed by atoms with Crippen LogP contribution in [0.15, 0.2) is 53.4 Å². The van der Waals surface area contributed by atoms with E-state index in [1.54, 1.807) is 6.07 Å². The molecule has 9 heteroatoms. The zero-order valence-electron chi connectivity index (χ0n) is 11.5. The van der Waals surface area contributed by atoms with Crippen LogP contribution in [0.3, 0.4) is 0 Å². The molecule has 1 N–H and O–H groups in total. The van der Waals surface area contributed by atoms with E-state index in [2.05, 4.69) is 4.74 Å². The molecule has 0 aromatic heterocycles. The third kappa shape index (κ3) is 4.85. The van der Waals surface area contributed by atoms with Gasteiger partial charge in [0.1, 0.15) is 11.6 Å². The second kappa shape index (κ2) is 6.45. The molecule has 0 amide bonds. The van der Waals surface area contributed by atoms with Crippen LogP contribution in [0, 0.1) is 5.82 Å². The van der Waals surface area contributed by atoms with Crippen LogP contribution >= 0.6 is 0 Å². The van der Waals surface area contributed by atoms with E-state index >= 15 is 0 Å². The van der Waals surface area contributed by atoms with Gasteiger partial charge in [-0.1, -0.05) is 18.2 Å². The Kier molecular flexibility index (Phi) is 4.79. The van der Waals surface area contributed by atoms with Gasteiger partial charge in [-0.2, -0.15) is 13.2 Å². The van der Waals surface area contributed by atoms with E-state index in [0.717, 1.165) is 18.2 Å². The second-order valence-corrected chi connectivity index (χ2v) is 6.15. The zero-order chi connectivity index (χ0) is 17.1. The molecule has 0 saturated heterocycles. The fourth-order valence-electron chi connectivity index (χ4n) is 1.67. The van der Waals surface area contributed by atoms with E-state index in [0.29, 0.717) is 0 Å². The average Bonchev–Trinajstić information content (AvgIpc) is 2.46. The number of alkyl halides is 3. The minimum Gasteiger partial charge on any atom is -0.482 e. The standard InChI is InChI=1S/C14H11F4NO3S/c15-10-6-7-13(22-9-14(16,17)18)12(8-10)19-23(20,21)11-4-2-1-3-5-11/h1-8,19H,9H2. The molecular weight excluding hydrogens is 338 g/mol. The maximum absolute atomic E-state index is 13.3. The number of halogens is 4. The maximum atomic E-state index is 13.3. The van der Waals surface area contributed by atoms with Gasteiger partial charge in [-0.25, -0.2) is 12.8 Å². The summed E-state index contributed by atoms with van der Waals surface area (Å²) in [6.45, 7) is -1.63. The first-order valence-electron chi connectivity index (χ1n) is 6.24. The van der Waals surface area contributed by atoms with E-state index in [4.69, 9.17) is 0 Å². The highest BCUT2D eigenvalue weighted by Crippen LogP contribution is 2.29. The van der Waals surface area contributed by atoms with Gasteiger partial charge < -0.3 is 4.74 Å². The molecular formula is C14H11F4NO3S. The summed E-state index contributed by atoms with van der Waals surface area (Å²) in [5.74, 6) is -1.25. The van der Waals surface area contributed by atoms with Crippen LogP contribution in [-0.4, -0.2) is 21.2 Å². The van der Waals surface area contributed by atoms with Crippen LogP contribution in [0.4, 0.5) is 23.2 Å². The summed E-state index contributed by atoms with van der Waals surface area (Å²) in [6, 6.07) is 9.65. The zero-order valence-corrected chi connectivity index (χ0v) is 12.3. The van der Waals surface area contributed by atoms with Crippen LogP contribution in [0.1, 0.15) is 0 Å². The molecule has 0 heterocycles. The predicted molar refractivity (Wildman–Crippen MR) is 75.2 cm³/mol. The van der Waals surface area contributed by atoms with Crippen molar-refractivity contribution in [2.45, 2.75) is 11.1 Å². The van der Waals surface area contributed by atoms with Crippen LogP contribution < -0.4 is 9.46 Å². The van der Waals surface area contributed by atoms with Crippen molar-refractivity contribution in [2.24, 2.45) is 0 Å². The summed E-state index contributed by atoms with van der Waals surface area (Å²) >= 11 is 0. The normalized spacial score (nSPS) is 12.0. The molecule has 2 rings (SSSR count). The highest BCUT2D eigenvalue weighted by Gasteiger charge is 2.29. The summed E-state index contributed by atoms with van der Waals surface area (Å²) in [5, 5.41) is 0. The van der Waals surface area contributed by atoms with Crippen molar-refractivity contribution in [1.82, 2.24) is 0 Å². The predicted octanol–water partition coefficient (Wildman–Crippen LogP) is 3.57. The van der Waals surface area contributed by atoms with Crippen molar-refractivity contribution >= 4 is 15.7 Å². The fraction of sp³-hybridized carbons (Fsp3) is 0.143. The highest BCUT2D eigenvalue weighted by atomic mass is 32.2. The van der Waals surface area contributed by atoms with Crippen molar-refractivity contribution < 1.29 is 30.7 Å². The number of nitrogens with one attached hydrogen (secondary N) is 1. The Bertz CT molecular complexity index is 776. The molecule has 0 unspecified atom stereocenters. The van der Waals surface area contributed by atoms with Gasteiger partial charge in [0, 0.05) is 6.07 Å². The lowest BCUT2D eigenvalue weighted by Gasteiger charge is -2.15. The summed E-state index contributed by atoms with van der Waals surface area (Å²) < 4.78 is 80.8. The SMILES string of the molecule is O=S(=O)(Nc1cc(F)ccc1OCC(F)(F)F)c1ccccc1. The quantitative estimate of drug-likeness (QED) is 0.840.